The molecule has 0 bridgehead atoms. The molecular weight excluding hydrogens is 224 g/mol. The van der Waals surface area contributed by atoms with Crippen molar-refractivity contribution in [1.82, 2.24) is 30.2 Å². The summed E-state index contributed by atoms with van der Waals surface area (Å²) < 4.78 is 1.34. The summed E-state index contributed by atoms with van der Waals surface area (Å²) in [4.78, 5) is 19.3. The monoisotopic (exact) mass is 232 g/mol. The largest absolute Gasteiger partial charge is 0.481 e. The fraction of sp³-hybridized carbons (Fsp3) is 0.333. The lowest BCUT2D eigenvalue weighted by molar-refractivity contribution is -0.141. The molecule has 2 aromatic heterocycles. The Morgan fingerprint density at radius 3 is 3.06 bits per heavy atom. The Kier molecular flexibility index (Phi) is 2.07. The number of aromatic nitrogens is 6. The highest BCUT2D eigenvalue weighted by molar-refractivity contribution is 5.72. The van der Waals surface area contributed by atoms with Crippen LogP contribution in [0.1, 0.15) is 11.3 Å². The Balaban J connectivity index is 1.95. The smallest absolute Gasteiger partial charge is 0.307 e. The molecule has 0 spiro atoms. The molecule has 1 aliphatic rings. The van der Waals surface area contributed by atoms with E-state index in [9.17, 15) is 4.79 Å². The van der Waals surface area contributed by atoms with Crippen LogP contribution in [0.15, 0.2) is 12.5 Å². The van der Waals surface area contributed by atoms with E-state index in [4.69, 9.17) is 5.11 Å². The molecule has 1 aliphatic carbocycles. The zero-order chi connectivity index (χ0) is 11.8. The Morgan fingerprint density at radius 1 is 1.47 bits per heavy atom. The standard InChI is InChI=1S/C9H8N6O2/c16-8(17)5-1-6-3-10-9(12-7(6)2-5)15-4-11-13-14-15/h3-5H,1-2H2,(H,16,17). The lowest BCUT2D eigenvalue weighted by Crippen LogP contribution is -2.13. The number of tetrazole rings is 1. The van der Waals surface area contributed by atoms with E-state index in [2.05, 4.69) is 25.5 Å². The summed E-state index contributed by atoms with van der Waals surface area (Å²) in [6.45, 7) is 0. The van der Waals surface area contributed by atoms with E-state index in [0.29, 0.717) is 18.8 Å². The highest BCUT2D eigenvalue weighted by Crippen LogP contribution is 2.25. The van der Waals surface area contributed by atoms with Gasteiger partial charge in [0.05, 0.1) is 11.6 Å². The predicted octanol–water partition coefficient (Wildman–Crippen LogP) is -0.748. The molecule has 8 nitrogen and oxygen atoms in total. The molecule has 1 atom stereocenters. The van der Waals surface area contributed by atoms with Crippen molar-refractivity contribution >= 4 is 5.97 Å². The van der Waals surface area contributed by atoms with Crippen LogP contribution in [-0.4, -0.2) is 41.3 Å². The van der Waals surface area contributed by atoms with Gasteiger partial charge >= 0.3 is 5.97 Å². The van der Waals surface area contributed by atoms with E-state index in [0.717, 1.165) is 11.3 Å². The van der Waals surface area contributed by atoms with Gasteiger partial charge in [0.2, 0.25) is 0 Å². The maximum absolute atomic E-state index is 10.9. The minimum Gasteiger partial charge on any atom is -0.481 e. The molecule has 86 valence electrons. The minimum atomic E-state index is -0.799. The van der Waals surface area contributed by atoms with Crippen molar-refractivity contribution in [3.05, 3.63) is 23.8 Å². The summed E-state index contributed by atoms with van der Waals surface area (Å²) >= 11 is 0. The second-order valence-corrected chi connectivity index (χ2v) is 3.84. The number of hydrogen-bond acceptors (Lipinski definition) is 6. The number of carbonyl (C=O) groups is 1. The average molecular weight is 232 g/mol. The highest BCUT2D eigenvalue weighted by atomic mass is 16.4. The lowest BCUT2D eigenvalue weighted by Gasteiger charge is -2.00. The molecule has 0 aliphatic heterocycles. The summed E-state index contributed by atoms with van der Waals surface area (Å²) in [5, 5.41) is 19.6. The van der Waals surface area contributed by atoms with Gasteiger partial charge in [-0.25, -0.2) is 9.97 Å². The maximum Gasteiger partial charge on any atom is 0.307 e. The maximum atomic E-state index is 10.9. The SMILES string of the molecule is O=C(O)C1Cc2cnc(-n3cnnn3)nc2C1. The van der Waals surface area contributed by atoms with Crippen molar-refractivity contribution in [2.45, 2.75) is 12.8 Å². The first-order valence-corrected chi connectivity index (χ1v) is 5.05. The van der Waals surface area contributed by atoms with Gasteiger partial charge in [-0.15, -0.1) is 5.10 Å². The normalized spacial score (nSPS) is 18.0. The van der Waals surface area contributed by atoms with Gasteiger partial charge in [-0.2, -0.15) is 4.68 Å². The van der Waals surface area contributed by atoms with Crippen LogP contribution in [0.3, 0.4) is 0 Å². The van der Waals surface area contributed by atoms with Crippen molar-refractivity contribution in [3.8, 4) is 5.95 Å². The molecule has 1 N–H and O–H groups in total. The zero-order valence-electron chi connectivity index (χ0n) is 8.69. The summed E-state index contributed by atoms with van der Waals surface area (Å²) in [6.07, 6.45) is 3.95. The third kappa shape index (κ3) is 1.63. The molecule has 0 radical (unpaired) electrons. The van der Waals surface area contributed by atoms with Crippen LogP contribution in [0.2, 0.25) is 0 Å². The Hall–Kier alpha value is -2.38. The van der Waals surface area contributed by atoms with Gasteiger partial charge < -0.3 is 5.11 Å². The number of carboxylic acid groups (broad SMARTS) is 1. The summed E-state index contributed by atoms with van der Waals surface area (Å²) in [5.41, 5.74) is 1.65. The first-order chi connectivity index (χ1) is 8.24. The Bertz CT molecular complexity index is 567. The number of aliphatic carboxylic acids is 1. The van der Waals surface area contributed by atoms with Gasteiger partial charge in [-0.05, 0) is 22.4 Å². The molecule has 0 aromatic carbocycles. The van der Waals surface area contributed by atoms with Crippen molar-refractivity contribution in [3.63, 3.8) is 0 Å². The van der Waals surface area contributed by atoms with Gasteiger partial charge in [-0.1, -0.05) is 0 Å². The van der Waals surface area contributed by atoms with Crippen LogP contribution in [0.5, 0.6) is 0 Å². The molecule has 0 saturated heterocycles. The fourth-order valence-electron chi connectivity index (χ4n) is 1.89. The molecule has 0 fully saturated rings. The van der Waals surface area contributed by atoms with Crippen LogP contribution in [-0.2, 0) is 17.6 Å². The van der Waals surface area contributed by atoms with Gasteiger partial charge in [0, 0.05) is 12.6 Å². The van der Waals surface area contributed by atoms with E-state index in [-0.39, 0.29) is 0 Å². The molecule has 1 unspecified atom stereocenters. The van der Waals surface area contributed by atoms with E-state index in [1.165, 1.54) is 11.0 Å². The molecule has 0 saturated carbocycles. The summed E-state index contributed by atoms with van der Waals surface area (Å²) in [7, 11) is 0. The average Bonchev–Trinajstić information content (AvgIpc) is 2.97. The second-order valence-electron chi connectivity index (χ2n) is 3.84. The van der Waals surface area contributed by atoms with Gasteiger partial charge in [0.15, 0.2) is 0 Å². The number of nitrogens with zero attached hydrogens (tertiary/aromatic N) is 6. The molecule has 0 amide bonds. The zero-order valence-corrected chi connectivity index (χ0v) is 8.69. The number of carboxylic acids is 1. The fourth-order valence-corrected chi connectivity index (χ4v) is 1.89. The third-order valence-electron chi connectivity index (χ3n) is 2.75. The second kappa shape index (κ2) is 3.58. The van der Waals surface area contributed by atoms with E-state index in [1.54, 1.807) is 6.20 Å². The van der Waals surface area contributed by atoms with Crippen molar-refractivity contribution in [2.24, 2.45) is 5.92 Å². The van der Waals surface area contributed by atoms with Crippen LogP contribution < -0.4 is 0 Å². The highest BCUT2D eigenvalue weighted by Gasteiger charge is 2.28. The third-order valence-corrected chi connectivity index (χ3v) is 2.75. The van der Waals surface area contributed by atoms with Gasteiger partial charge in [0.25, 0.3) is 5.95 Å². The van der Waals surface area contributed by atoms with Crippen molar-refractivity contribution in [2.75, 3.05) is 0 Å². The quantitative estimate of drug-likeness (QED) is 0.725. The van der Waals surface area contributed by atoms with Crippen LogP contribution >= 0.6 is 0 Å². The van der Waals surface area contributed by atoms with Crippen LogP contribution in [0.25, 0.3) is 5.95 Å². The number of rotatable bonds is 2. The number of fused-ring (bicyclic) bond motifs is 1. The van der Waals surface area contributed by atoms with Crippen molar-refractivity contribution in [1.29, 1.82) is 0 Å². The van der Waals surface area contributed by atoms with E-state index < -0.39 is 11.9 Å². The molecule has 8 heteroatoms. The topological polar surface area (TPSA) is 107 Å². The van der Waals surface area contributed by atoms with Gasteiger partial charge in [-0.3, -0.25) is 4.79 Å². The Labute approximate surface area is 95.3 Å². The molecule has 2 heterocycles. The molecule has 3 rings (SSSR count). The predicted molar refractivity (Wildman–Crippen MR) is 53.3 cm³/mol. The summed E-state index contributed by atoms with van der Waals surface area (Å²) in [6, 6.07) is 0. The number of hydrogen-bond donors (Lipinski definition) is 1. The molecule has 17 heavy (non-hydrogen) atoms. The first-order valence-electron chi connectivity index (χ1n) is 5.05. The lowest BCUT2D eigenvalue weighted by atomic mass is 10.1. The minimum absolute atomic E-state index is 0.361. The molecule has 2 aromatic rings. The van der Waals surface area contributed by atoms with Crippen molar-refractivity contribution < 1.29 is 9.90 Å². The van der Waals surface area contributed by atoms with Gasteiger partial charge in [0.1, 0.15) is 6.33 Å². The summed E-state index contributed by atoms with van der Waals surface area (Å²) in [5.74, 6) is -0.838. The van der Waals surface area contributed by atoms with E-state index in [1.807, 2.05) is 0 Å². The molecular formula is C9H8N6O2. The van der Waals surface area contributed by atoms with Crippen LogP contribution in [0, 0.1) is 5.92 Å². The van der Waals surface area contributed by atoms with E-state index >= 15 is 0 Å². The van der Waals surface area contributed by atoms with Crippen LogP contribution in [0.4, 0.5) is 0 Å². The Morgan fingerprint density at radius 2 is 2.35 bits per heavy atom. The first kappa shape index (κ1) is 9.82.